The number of nitrogens with zero attached hydrogens (tertiary/aromatic N) is 2. The molecule has 2 fully saturated rings. The third-order valence-corrected chi connectivity index (χ3v) is 3.49. The normalized spacial score (nSPS) is 19.1. The van der Waals surface area contributed by atoms with Gasteiger partial charge in [0.05, 0.1) is 0 Å². The predicted molar refractivity (Wildman–Crippen MR) is 68.3 cm³/mol. The fraction of sp³-hybridized carbons (Fsp3) is 0.538. The van der Waals surface area contributed by atoms with Crippen molar-refractivity contribution in [3.8, 4) is 0 Å². The van der Waals surface area contributed by atoms with Crippen LogP contribution in [0.2, 0.25) is 0 Å². The number of nitrogens with one attached hydrogen (secondary N) is 1. The maximum atomic E-state index is 7.36. The van der Waals surface area contributed by atoms with Gasteiger partial charge < -0.3 is 10.6 Å². The summed E-state index contributed by atoms with van der Waals surface area (Å²) in [7, 11) is 0. The molecule has 2 aliphatic carbocycles. The van der Waals surface area contributed by atoms with Gasteiger partial charge in [-0.2, -0.15) is 0 Å². The first-order valence-corrected chi connectivity index (χ1v) is 6.31. The van der Waals surface area contributed by atoms with Crippen LogP contribution in [0.25, 0.3) is 0 Å². The van der Waals surface area contributed by atoms with Crippen molar-refractivity contribution in [1.82, 2.24) is 4.98 Å². The summed E-state index contributed by atoms with van der Waals surface area (Å²) in [4.78, 5) is 6.88. The molecule has 4 nitrogen and oxygen atoms in total. The minimum Gasteiger partial charge on any atom is -0.384 e. The summed E-state index contributed by atoms with van der Waals surface area (Å²) in [6.07, 6.45) is 7.04. The largest absolute Gasteiger partial charge is 0.384 e. The predicted octanol–water partition coefficient (Wildman–Crippen LogP) is 1.74. The highest BCUT2D eigenvalue weighted by Gasteiger charge is 2.34. The summed E-state index contributed by atoms with van der Waals surface area (Å²) >= 11 is 0. The molecule has 2 saturated carbocycles. The summed E-state index contributed by atoms with van der Waals surface area (Å²) in [6.45, 7) is 1.15. The fourth-order valence-corrected chi connectivity index (χ4v) is 2.11. The third kappa shape index (κ3) is 2.40. The Hall–Kier alpha value is -1.58. The fourth-order valence-electron chi connectivity index (χ4n) is 2.11. The molecule has 2 aliphatic rings. The van der Waals surface area contributed by atoms with Crippen molar-refractivity contribution in [3.05, 3.63) is 23.9 Å². The molecule has 1 aromatic rings. The van der Waals surface area contributed by atoms with Crippen LogP contribution >= 0.6 is 0 Å². The monoisotopic (exact) mass is 230 g/mol. The standard InChI is InChI=1S/C13H18N4/c14-13(15)10-3-6-12(16-7-10)17(11-4-5-11)8-9-1-2-9/h3,6-7,9,11H,1-2,4-5,8H2,(H3,14,15). The van der Waals surface area contributed by atoms with Crippen LogP contribution in [0.15, 0.2) is 18.3 Å². The first-order valence-electron chi connectivity index (χ1n) is 6.31. The Morgan fingerprint density at radius 2 is 2.12 bits per heavy atom. The van der Waals surface area contributed by atoms with Crippen LogP contribution in [0.4, 0.5) is 5.82 Å². The van der Waals surface area contributed by atoms with Gasteiger partial charge in [-0.15, -0.1) is 0 Å². The molecule has 0 bridgehead atoms. The van der Waals surface area contributed by atoms with Crippen LogP contribution in [-0.2, 0) is 0 Å². The van der Waals surface area contributed by atoms with Crippen molar-refractivity contribution >= 4 is 11.7 Å². The maximum absolute atomic E-state index is 7.36. The lowest BCUT2D eigenvalue weighted by atomic mass is 10.2. The van der Waals surface area contributed by atoms with Crippen molar-refractivity contribution in [2.75, 3.05) is 11.4 Å². The zero-order chi connectivity index (χ0) is 11.8. The number of hydrogen-bond donors (Lipinski definition) is 2. The van der Waals surface area contributed by atoms with E-state index in [-0.39, 0.29) is 5.84 Å². The van der Waals surface area contributed by atoms with Crippen molar-refractivity contribution in [1.29, 1.82) is 5.41 Å². The van der Waals surface area contributed by atoms with Gasteiger partial charge >= 0.3 is 0 Å². The second-order valence-corrected chi connectivity index (χ2v) is 5.15. The van der Waals surface area contributed by atoms with E-state index in [1.165, 1.54) is 25.7 Å². The molecule has 0 saturated heterocycles. The molecule has 4 heteroatoms. The molecular weight excluding hydrogens is 212 g/mol. The van der Waals surface area contributed by atoms with Gasteiger partial charge in [0.15, 0.2) is 0 Å². The highest BCUT2D eigenvalue weighted by Crippen LogP contribution is 2.36. The molecular formula is C13H18N4. The summed E-state index contributed by atoms with van der Waals surface area (Å²) in [5.74, 6) is 2.01. The van der Waals surface area contributed by atoms with Crippen molar-refractivity contribution in [2.45, 2.75) is 31.7 Å². The molecule has 0 aromatic carbocycles. The molecule has 3 N–H and O–H groups in total. The Labute approximate surface area is 101 Å². The Bertz CT molecular complexity index is 418. The van der Waals surface area contributed by atoms with Gasteiger partial charge in [-0.1, -0.05) is 0 Å². The molecule has 0 atom stereocenters. The molecule has 0 unspecified atom stereocenters. The van der Waals surface area contributed by atoms with E-state index in [9.17, 15) is 0 Å². The van der Waals surface area contributed by atoms with E-state index in [0.29, 0.717) is 11.6 Å². The van der Waals surface area contributed by atoms with E-state index in [4.69, 9.17) is 11.1 Å². The number of pyridine rings is 1. The SMILES string of the molecule is N=C(N)c1ccc(N(CC2CC2)C2CC2)nc1. The van der Waals surface area contributed by atoms with E-state index in [0.717, 1.165) is 18.3 Å². The Morgan fingerprint density at radius 3 is 2.59 bits per heavy atom. The molecule has 0 spiro atoms. The second kappa shape index (κ2) is 4.02. The summed E-state index contributed by atoms with van der Waals surface area (Å²) in [5.41, 5.74) is 6.14. The Kier molecular flexibility index (Phi) is 2.50. The number of hydrogen-bond acceptors (Lipinski definition) is 3. The van der Waals surface area contributed by atoms with Crippen LogP contribution in [0.3, 0.4) is 0 Å². The Balaban J connectivity index is 1.77. The van der Waals surface area contributed by atoms with Crippen LogP contribution in [0.1, 0.15) is 31.2 Å². The summed E-state index contributed by atoms with van der Waals surface area (Å²) < 4.78 is 0. The zero-order valence-electron chi connectivity index (χ0n) is 9.89. The molecule has 0 radical (unpaired) electrons. The first kappa shape index (κ1) is 10.6. The van der Waals surface area contributed by atoms with Crippen molar-refractivity contribution < 1.29 is 0 Å². The number of anilines is 1. The van der Waals surface area contributed by atoms with Crippen molar-refractivity contribution in [2.24, 2.45) is 11.7 Å². The average Bonchev–Trinajstić information content (AvgIpc) is 3.18. The number of rotatable bonds is 5. The lowest BCUT2D eigenvalue weighted by Gasteiger charge is -2.23. The molecule has 1 heterocycles. The van der Waals surface area contributed by atoms with Gasteiger partial charge in [-0.25, -0.2) is 4.98 Å². The van der Waals surface area contributed by atoms with E-state index >= 15 is 0 Å². The average molecular weight is 230 g/mol. The van der Waals surface area contributed by atoms with Crippen LogP contribution < -0.4 is 10.6 Å². The summed E-state index contributed by atoms with van der Waals surface area (Å²) in [6, 6.07) is 4.59. The lowest BCUT2D eigenvalue weighted by Crippen LogP contribution is -2.29. The topological polar surface area (TPSA) is 66.0 Å². The van der Waals surface area contributed by atoms with Crippen molar-refractivity contribution in [3.63, 3.8) is 0 Å². The molecule has 0 amide bonds. The van der Waals surface area contributed by atoms with E-state index in [1.54, 1.807) is 6.20 Å². The minimum atomic E-state index is 0.0872. The first-order chi connectivity index (χ1) is 8.24. The summed E-state index contributed by atoms with van der Waals surface area (Å²) in [5, 5.41) is 7.36. The third-order valence-electron chi connectivity index (χ3n) is 3.49. The van der Waals surface area contributed by atoms with E-state index in [1.807, 2.05) is 12.1 Å². The van der Waals surface area contributed by atoms with Gasteiger partial charge in [0.1, 0.15) is 11.7 Å². The molecule has 17 heavy (non-hydrogen) atoms. The highest BCUT2D eigenvalue weighted by atomic mass is 15.2. The minimum absolute atomic E-state index is 0.0872. The second-order valence-electron chi connectivity index (χ2n) is 5.15. The quantitative estimate of drug-likeness (QED) is 0.598. The van der Waals surface area contributed by atoms with E-state index in [2.05, 4.69) is 9.88 Å². The number of aromatic nitrogens is 1. The molecule has 3 rings (SSSR count). The number of nitrogen functional groups attached to an aromatic ring is 1. The molecule has 1 aromatic heterocycles. The van der Waals surface area contributed by atoms with Gasteiger partial charge in [-0.3, -0.25) is 5.41 Å². The molecule has 90 valence electrons. The lowest BCUT2D eigenvalue weighted by molar-refractivity contribution is 0.709. The van der Waals surface area contributed by atoms with Gasteiger partial charge in [0.25, 0.3) is 0 Å². The molecule has 0 aliphatic heterocycles. The zero-order valence-corrected chi connectivity index (χ0v) is 9.89. The number of amidine groups is 1. The van der Waals surface area contributed by atoms with Crippen LogP contribution in [-0.4, -0.2) is 23.4 Å². The smallest absolute Gasteiger partial charge is 0.128 e. The maximum Gasteiger partial charge on any atom is 0.128 e. The van der Waals surface area contributed by atoms with Crippen LogP contribution in [0.5, 0.6) is 0 Å². The highest BCUT2D eigenvalue weighted by molar-refractivity contribution is 5.94. The van der Waals surface area contributed by atoms with Gasteiger partial charge in [-0.05, 0) is 43.7 Å². The van der Waals surface area contributed by atoms with Crippen LogP contribution in [0, 0.1) is 11.3 Å². The van der Waals surface area contributed by atoms with E-state index < -0.39 is 0 Å². The van der Waals surface area contributed by atoms with Gasteiger partial charge in [0.2, 0.25) is 0 Å². The number of nitrogens with two attached hydrogens (primary N) is 1. The Morgan fingerprint density at radius 1 is 1.35 bits per heavy atom. The van der Waals surface area contributed by atoms with Gasteiger partial charge in [0, 0.05) is 24.3 Å².